The molecule has 1 aromatic carbocycles. The fourth-order valence-electron chi connectivity index (χ4n) is 2.43. The SMILES string of the molecule is COc1ccccc1NC(=O)N(Cc1ccsc1)Cc1ccccn1. The third-order valence-electron chi connectivity index (χ3n) is 3.67. The molecule has 5 nitrogen and oxygen atoms in total. The third kappa shape index (κ3) is 4.58. The van der Waals surface area contributed by atoms with E-state index >= 15 is 0 Å². The van der Waals surface area contributed by atoms with Crippen molar-refractivity contribution in [3.63, 3.8) is 0 Å². The van der Waals surface area contributed by atoms with Gasteiger partial charge in [0.2, 0.25) is 0 Å². The van der Waals surface area contributed by atoms with Gasteiger partial charge in [0.15, 0.2) is 0 Å². The van der Waals surface area contributed by atoms with Gasteiger partial charge in [0.05, 0.1) is 25.0 Å². The van der Waals surface area contributed by atoms with Crippen molar-refractivity contribution in [3.05, 3.63) is 76.7 Å². The van der Waals surface area contributed by atoms with Crippen LogP contribution in [-0.4, -0.2) is 23.0 Å². The van der Waals surface area contributed by atoms with Gasteiger partial charge in [0.25, 0.3) is 0 Å². The lowest BCUT2D eigenvalue weighted by atomic mass is 10.2. The first-order valence-corrected chi connectivity index (χ1v) is 8.80. The summed E-state index contributed by atoms with van der Waals surface area (Å²) in [5, 5.41) is 6.98. The molecule has 2 aromatic heterocycles. The summed E-state index contributed by atoms with van der Waals surface area (Å²) in [6.07, 6.45) is 1.73. The van der Waals surface area contributed by atoms with Gasteiger partial charge in [0.1, 0.15) is 5.75 Å². The molecular formula is C19H19N3O2S. The molecule has 0 radical (unpaired) electrons. The number of ether oxygens (including phenoxy) is 1. The van der Waals surface area contributed by atoms with Gasteiger partial charge in [-0.2, -0.15) is 11.3 Å². The average Bonchev–Trinajstić information content (AvgIpc) is 3.15. The van der Waals surface area contributed by atoms with E-state index in [1.54, 1.807) is 29.5 Å². The first kappa shape index (κ1) is 17.0. The molecule has 0 aliphatic rings. The molecule has 1 N–H and O–H groups in total. The minimum Gasteiger partial charge on any atom is -0.495 e. The van der Waals surface area contributed by atoms with E-state index in [-0.39, 0.29) is 6.03 Å². The number of thiophene rings is 1. The van der Waals surface area contributed by atoms with Crippen LogP contribution >= 0.6 is 11.3 Å². The van der Waals surface area contributed by atoms with Crippen LogP contribution in [0.2, 0.25) is 0 Å². The number of hydrogen-bond acceptors (Lipinski definition) is 4. The Labute approximate surface area is 150 Å². The first-order valence-electron chi connectivity index (χ1n) is 7.86. The zero-order chi connectivity index (χ0) is 17.5. The van der Waals surface area contributed by atoms with Gasteiger partial charge in [-0.1, -0.05) is 18.2 Å². The Morgan fingerprint density at radius 1 is 1.16 bits per heavy atom. The summed E-state index contributed by atoms with van der Waals surface area (Å²) in [5.41, 5.74) is 2.58. The van der Waals surface area contributed by atoms with Crippen LogP contribution in [0.3, 0.4) is 0 Å². The summed E-state index contributed by atoms with van der Waals surface area (Å²) in [6, 6.07) is 14.9. The van der Waals surface area contributed by atoms with Crippen LogP contribution < -0.4 is 10.1 Å². The second-order valence-electron chi connectivity index (χ2n) is 5.44. The Morgan fingerprint density at radius 3 is 2.72 bits per heavy atom. The summed E-state index contributed by atoms with van der Waals surface area (Å²) < 4.78 is 5.31. The number of carbonyl (C=O) groups is 1. The Hall–Kier alpha value is -2.86. The number of hydrogen-bond donors (Lipinski definition) is 1. The minimum atomic E-state index is -0.193. The molecule has 6 heteroatoms. The fraction of sp³-hybridized carbons (Fsp3) is 0.158. The zero-order valence-corrected chi connectivity index (χ0v) is 14.7. The molecule has 0 atom stereocenters. The maximum Gasteiger partial charge on any atom is 0.322 e. The number of aromatic nitrogens is 1. The zero-order valence-electron chi connectivity index (χ0n) is 13.9. The molecule has 0 spiro atoms. The quantitative estimate of drug-likeness (QED) is 0.715. The van der Waals surface area contributed by atoms with Crippen LogP contribution in [-0.2, 0) is 13.1 Å². The van der Waals surface area contributed by atoms with Crippen molar-refractivity contribution >= 4 is 23.1 Å². The van der Waals surface area contributed by atoms with Crippen LogP contribution in [0.5, 0.6) is 5.75 Å². The van der Waals surface area contributed by atoms with Gasteiger partial charge in [-0.15, -0.1) is 0 Å². The van der Waals surface area contributed by atoms with Gasteiger partial charge in [-0.25, -0.2) is 4.79 Å². The Kier molecular flexibility index (Phi) is 5.64. The Morgan fingerprint density at radius 2 is 2.00 bits per heavy atom. The number of anilines is 1. The minimum absolute atomic E-state index is 0.193. The first-order chi connectivity index (χ1) is 12.3. The van der Waals surface area contributed by atoms with Gasteiger partial charge < -0.3 is 15.0 Å². The molecule has 0 fully saturated rings. The summed E-state index contributed by atoms with van der Waals surface area (Å²) in [5.74, 6) is 0.629. The second-order valence-corrected chi connectivity index (χ2v) is 6.22. The number of para-hydroxylation sites is 2. The molecule has 0 unspecified atom stereocenters. The molecule has 128 valence electrons. The maximum absolute atomic E-state index is 12.8. The van der Waals surface area contributed by atoms with Gasteiger partial charge in [0, 0.05) is 12.7 Å². The molecule has 2 amide bonds. The van der Waals surface area contributed by atoms with Crippen LogP contribution in [0.1, 0.15) is 11.3 Å². The molecule has 0 saturated heterocycles. The number of rotatable bonds is 6. The topological polar surface area (TPSA) is 54.5 Å². The Bertz CT molecular complexity index is 807. The lowest BCUT2D eigenvalue weighted by Gasteiger charge is -2.23. The van der Waals surface area contributed by atoms with Crippen LogP contribution in [0, 0.1) is 0 Å². The maximum atomic E-state index is 12.8. The van der Waals surface area contributed by atoms with Crippen molar-refractivity contribution in [2.45, 2.75) is 13.1 Å². The summed E-state index contributed by atoms with van der Waals surface area (Å²) in [7, 11) is 1.59. The van der Waals surface area contributed by atoms with Crippen molar-refractivity contribution in [1.29, 1.82) is 0 Å². The van der Waals surface area contributed by atoms with Crippen molar-refractivity contribution in [1.82, 2.24) is 9.88 Å². The summed E-state index contributed by atoms with van der Waals surface area (Å²) >= 11 is 1.62. The molecule has 3 rings (SSSR count). The smallest absolute Gasteiger partial charge is 0.322 e. The van der Waals surface area contributed by atoms with Crippen LogP contribution in [0.15, 0.2) is 65.5 Å². The molecule has 0 aliphatic carbocycles. The van der Waals surface area contributed by atoms with Crippen molar-refractivity contribution in [2.24, 2.45) is 0 Å². The van der Waals surface area contributed by atoms with E-state index in [2.05, 4.69) is 10.3 Å². The largest absolute Gasteiger partial charge is 0.495 e. The van der Waals surface area contributed by atoms with E-state index in [1.807, 2.05) is 59.3 Å². The monoisotopic (exact) mass is 353 g/mol. The third-order valence-corrected chi connectivity index (χ3v) is 4.40. The highest BCUT2D eigenvalue weighted by Crippen LogP contribution is 2.24. The predicted molar refractivity (Wildman–Crippen MR) is 99.8 cm³/mol. The van der Waals surface area contributed by atoms with Gasteiger partial charge >= 0.3 is 6.03 Å². The normalized spacial score (nSPS) is 10.3. The number of carbonyl (C=O) groups excluding carboxylic acids is 1. The van der Waals surface area contributed by atoms with E-state index in [9.17, 15) is 4.79 Å². The summed E-state index contributed by atoms with van der Waals surface area (Å²) in [4.78, 5) is 18.9. The number of methoxy groups -OCH3 is 1. The van der Waals surface area contributed by atoms with E-state index in [0.29, 0.717) is 24.5 Å². The Balaban J connectivity index is 1.78. The van der Waals surface area contributed by atoms with Crippen LogP contribution in [0.4, 0.5) is 10.5 Å². The average molecular weight is 353 g/mol. The standard InChI is InChI=1S/C19H19N3O2S/c1-24-18-8-3-2-7-17(18)21-19(23)22(12-15-9-11-25-14-15)13-16-6-4-5-10-20-16/h2-11,14H,12-13H2,1H3,(H,21,23). The highest BCUT2D eigenvalue weighted by atomic mass is 32.1. The van der Waals surface area contributed by atoms with Crippen molar-refractivity contribution in [2.75, 3.05) is 12.4 Å². The van der Waals surface area contributed by atoms with Crippen molar-refractivity contribution in [3.8, 4) is 5.75 Å². The molecule has 25 heavy (non-hydrogen) atoms. The molecule has 2 heterocycles. The van der Waals surface area contributed by atoms with E-state index in [0.717, 1.165) is 11.3 Å². The number of nitrogens with one attached hydrogen (secondary N) is 1. The number of benzene rings is 1. The number of pyridine rings is 1. The number of nitrogens with zero attached hydrogens (tertiary/aromatic N) is 2. The molecule has 3 aromatic rings. The second kappa shape index (κ2) is 8.30. The molecule has 0 saturated carbocycles. The van der Waals surface area contributed by atoms with E-state index < -0.39 is 0 Å². The lowest BCUT2D eigenvalue weighted by Crippen LogP contribution is -2.34. The fourth-order valence-corrected chi connectivity index (χ4v) is 3.09. The molecule has 0 aliphatic heterocycles. The molecule has 0 bridgehead atoms. The molecular weight excluding hydrogens is 334 g/mol. The van der Waals surface area contributed by atoms with Gasteiger partial charge in [-0.05, 0) is 46.7 Å². The number of amides is 2. The lowest BCUT2D eigenvalue weighted by molar-refractivity contribution is 0.205. The van der Waals surface area contributed by atoms with E-state index in [4.69, 9.17) is 4.74 Å². The predicted octanol–water partition coefficient (Wildman–Crippen LogP) is 4.39. The van der Waals surface area contributed by atoms with Gasteiger partial charge in [-0.3, -0.25) is 4.98 Å². The van der Waals surface area contributed by atoms with E-state index in [1.165, 1.54) is 0 Å². The summed E-state index contributed by atoms with van der Waals surface area (Å²) in [6.45, 7) is 0.943. The highest BCUT2D eigenvalue weighted by molar-refractivity contribution is 7.07. The number of urea groups is 1. The van der Waals surface area contributed by atoms with Crippen molar-refractivity contribution < 1.29 is 9.53 Å². The highest BCUT2D eigenvalue weighted by Gasteiger charge is 2.17. The van der Waals surface area contributed by atoms with Crippen LogP contribution in [0.25, 0.3) is 0 Å².